The summed E-state index contributed by atoms with van der Waals surface area (Å²) in [7, 11) is 2.84. The minimum atomic E-state index is -1.62. The first-order chi connectivity index (χ1) is 21.6. The van der Waals surface area contributed by atoms with Crippen molar-refractivity contribution in [1.82, 2.24) is 18.9 Å². The van der Waals surface area contributed by atoms with Crippen LogP contribution < -0.4 is 21.5 Å². The molecule has 0 radical (unpaired) electrons. The Balaban J connectivity index is 1.51. The van der Waals surface area contributed by atoms with E-state index in [9.17, 15) is 28.7 Å². The number of hydrazine groups is 1. The maximum absolute atomic E-state index is 15.0. The van der Waals surface area contributed by atoms with Crippen LogP contribution in [0.3, 0.4) is 0 Å². The van der Waals surface area contributed by atoms with Crippen molar-refractivity contribution >= 4 is 29.1 Å². The highest BCUT2D eigenvalue weighted by Crippen LogP contribution is 2.62. The molecule has 4 atom stereocenters. The second-order valence-corrected chi connectivity index (χ2v) is 11.8. The lowest BCUT2D eigenvalue weighted by molar-refractivity contribution is -0.138. The Hall–Kier alpha value is -5.10. The van der Waals surface area contributed by atoms with Crippen LogP contribution in [0.5, 0.6) is 11.5 Å². The maximum atomic E-state index is 15.0. The van der Waals surface area contributed by atoms with Gasteiger partial charge in [0.2, 0.25) is 0 Å². The number of hydrogen-bond donors (Lipinski definition) is 2. The van der Waals surface area contributed by atoms with E-state index in [1.807, 2.05) is 0 Å². The van der Waals surface area contributed by atoms with Crippen LogP contribution in [-0.2, 0) is 28.6 Å². The molecule has 3 heterocycles. The normalized spacial score (nSPS) is 23.7. The number of amides is 2. The number of methoxy groups -OCH3 is 1. The Labute approximate surface area is 260 Å². The molecule has 2 fully saturated rings. The van der Waals surface area contributed by atoms with Gasteiger partial charge in [0.1, 0.15) is 17.3 Å². The number of rotatable bonds is 5. The number of anilines is 1. The van der Waals surface area contributed by atoms with E-state index in [0.29, 0.717) is 33.2 Å². The van der Waals surface area contributed by atoms with E-state index in [0.717, 1.165) is 9.58 Å². The van der Waals surface area contributed by atoms with Crippen molar-refractivity contribution in [2.45, 2.75) is 30.3 Å². The molecule has 13 heteroatoms. The van der Waals surface area contributed by atoms with Gasteiger partial charge in [0.15, 0.2) is 0 Å². The van der Waals surface area contributed by atoms with Gasteiger partial charge in [-0.3, -0.25) is 15.0 Å². The molecular formula is C32H27ClFN5O6. The van der Waals surface area contributed by atoms with Gasteiger partial charge in [-0.1, -0.05) is 35.9 Å². The molecule has 1 aromatic heterocycles. The summed E-state index contributed by atoms with van der Waals surface area (Å²) in [6, 6.07) is 15.8. The number of aromatic hydroxyl groups is 1. The number of imide groups is 1. The van der Waals surface area contributed by atoms with Crippen LogP contribution in [0.1, 0.15) is 29.5 Å². The highest BCUT2D eigenvalue weighted by molar-refractivity contribution is 6.30. The van der Waals surface area contributed by atoms with E-state index in [-0.39, 0.29) is 18.7 Å². The van der Waals surface area contributed by atoms with E-state index in [2.05, 4.69) is 5.43 Å². The van der Waals surface area contributed by atoms with Gasteiger partial charge in [-0.2, -0.15) is 5.01 Å². The fourth-order valence-electron chi connectivity index (χ4n) is 7.27. The molecule has 7 rings (SSSR count). The number of carbonyl (C=O) groups is 2. The predicted molar refractivity (Wildman–Crippen MR) is 162 cm³/mol. The number of benzene rings is 3. The average Bonchev–Trinajstić information content (AvgIpc) is 3.39. The lowest BCUT2D eigenvalue weighted by atomic mass is 9.53. The molecule has 4 aromatic rings. The third-order valence-electron chi connectivity index (χ3n) is 9.26. The second kappa shape index (κ2) is 10.2. The zero-order chi connectivity index (χ0) is 31.8. The van der Waals surface area contributed by atoms with Gasteiger partial charge in [-0.05, 0) is 60.0 Å². The fourth-order valence-corrected chi connectivity index (χ4v) is 7.39. The molecule has 45 heavy (non-hydrogen) atoms. The summed E-state index contributed by atoms with van der Waals surface area (Å²) in [6.45, 7) is 0.0369. The minimum Gasteiger partial charge on any atom is -0.508 e. The van der Waals surface area contributed by atoms with Crippen molar-refractivity contribution in [1.29, 1.82) is 0 Å². The highest BCUT2D eigenvalue weighted by Gasteiger charge is 2.69. The maximum Gasteiger partial charge on any atom is 0.347 e. The van der Waals surface area contributed by atoms with Crippen LogP contribution in [0.25, 0.3) is 0 Å². The average molecular weight is 632 g/mol. The number of halogens is 2. The van der Waals surface area contributed by atoms with Gasteiger partial charge >= 0.3 is 11.4 Å². The molecule has 0 spiro atoms. The number of carbonyl (C=O) groups excluding carboxylic acids is 2. The Morgan fingerprint density at radius 1 is 1.00 bits per heavy atom. The number of allylic oxidation sites excluding steroid dienone is 2. The van der Waals surface area contributed by atoms with Gasteiger partial charge in [-0.15, -0.1) is 0 Å². The lowest BCUT2D eigenvalue weighted by Crippen LogP contribution is -2.53. The van der Waals surface area contributed by atoms with Gasteiger partial charge in [0.25, 0.3) is 11.8 Å². The Kier molecular flexibility index (Phi) is 6.52. The molecule has 1 saturated carbocycles. The highest BCUT2D eigenvalue weighted by atomic mass is 35.5. The largest absolute Gasteiger partial charge is 0.508 e. The van der Waals surface area contributed by atoms with Crippen molar-refractivity contribution in [3.8, 4) is 11.5 Å². The van der Waals surface area contributed by atoms with Crippen molar-refractivity contribution in [2.24, 2.45) is 13.0 Å². The number of phenolic OH excluding ortho intramolecular Hbond substituents is 1. The molecule has 3 aliphatic rings. The summed E-state index contributed by atoms with van der Waals surface area (Å²) in [5.41, 5.74) is 1.88. The van der Waals surface area contributed by atoms with Crippen LogP contribution in [0.15, 0.2) is 88.0 Å². The number of phenols is 1. The van der Waals surface area contributed by atoms with E-state index < -0.39 is 52.3 Å². The van der Waals surface area contributed by atoms with E-state index in [1.165, 1.54) is 53.9 Å². The summed E-state index contributed by atoms with van der Waals surface area (Å²) in [5.74, 6) is -3.52. The topological polar surface area (TPSA) is 128 Å². The van der Waals surface area contributed by atoms with Crippen molar-refractivity contribution in [3.63, 3.8) is 0 Å². The van der Waals surface area contributed by atoms with Gasteiger partial charge in [0.05, 0.1) is 36.7 Å². The second-order valence-electron chi connectivity index (χ2n) is 11.4. The molecule has 0 bridgehead atoms. The fraction of sp³-hybridized carbons (Fsp3) is 0.250. The molecule has 11 nitrogen and oxygen atoms in total. The van der Waals surface area contributed by atoms with Gasteiger partial charge in [0, 0.05) is 29.6 Å². The molecule has 2 amide bonds. The molecular weight excluding hydrogens is 605 g/mol. The SMILES string of the molecule is COc1ccc([C@H]2C3=CCn4c(=O)n(C)c(=O)n4[C@@H]3C[C@H]3C(=O)N(Nc4ccc(F)cc4)C(=O)[C@@]23c2ccc(Cl)cc2)c(O)c1. The first kappa shape index (κ1) is 28.7. The number of ether oxygens (including phenoxy) is 1. The number of nitrogens with one attached hydrogen (secondary N) is 1. The lowest BCUT2D eigenvalue weighted by Gasteiger charge is -2.49. The Morgan fingerprint density at radius 2 is 1.71 bits per heavy atom. The third kappa shape index (κ3) is 4.01. The first-order valence-electron chi connectivity index (χ1n) is 14.2. The van der Waals surface area contributed by atoms with E-state index in [4.69, 9.17) is 16.3 Å². The standard InChI is InChI=1S/C32H27ClFN5O6/c1-36-30(43)37-14-13-22-25(39(37)31(36)44)16-24-28(41)38(35-20-9-7-19(34)8-10-20)29(42)32(24,17-3-5-18(33)6-4-17)27(22)23-12-11-21(45-2)15-26(23)40/h3-13,15,24-25,27,35,40H,14,16H2,1-2H3/t24-,25+,27+,32+/m0/s1. The van der Waals surface area contributed by atoms with Crippen molar-refractivity contribution in [2.75, 3.05) is 12.5 Å². The quantitative estimate of drug-likeness (QED) is 0.255. The molecule has 1 aliphatic carbocycles. The molecule has 2 aliphatic heterocycles. The van der Waals surface area contributed by atoms with E-state index >= 15 is 0 Å². The van der Waals surface area contributed by atoms with Crippen LogP contribution in [-0.4, -0.2) is 43.0 Å². The summed E-state index contributed by atoms with van der Waals surface area (Å²) in [6.07, 6.45) is 1.79. The molecule has 2 N–H and O–H groups in total. The van der Waals surface area contributed by atoms with Crippen LogP contribution in [0, 0.1) is 11.7 Å². The van der Waals surface area contributed by atoms with Gasteiger partial charge in [-0.25, -0.2) is 27.9 Å². The summed E-state index contributed by atoms with van der Waals surface area (Å²) in [5, 5.41) is 12.8. The zero-order valence-electron chi connectivity index (χ0n) is 24.1. The zero-order valence-corrected chi connectivity index (χ0v) is 24.9. The number of nitrogens with zero attached hydrogens (tertiary/aromatic N) is 4. The smallest absolute Gasteiger partial charge is 0.347 e. The summed E-state index contributed by atoms with van der Waals surface area (Å²) < 4.78 is 22.7. The van der Waals surface area contributed by atoms with Crippen LogP contribution in [0.2, 0.25) is 5.02 Å². The van der Waals surface area contributed by atoms with Crippen molar-refractivity contribution < 1.29 is 23.8 Å². The molecule has 0 unspecified atom stereocenters. The van der Waals surface area contributed by atoms with E-state index in [1.54, 1.807) is 42.5 Å². The number of aromatic nitrogens is 3. The van der Waals surface area contributed by atoms with Crippen molar-refractivity contribution in [3.05, 3.63) is 121 Å². The first-order valence-corrected chi connectivity index (χ1v) is 14.6. The van der Waals surface area contributed by atoms with Crippen LogP contribution >= 0.6 is 11.6 Å². The minimum absolute atomic E-state index is 0.00257. The Bertz CT molecular complexity index is 2030. The number of hydrogen-bond acceptors (Lipinski definition) is 7. The van der Waals surface area contributed by atoms with Gasteiger partial charge < -0.3 is 9.84 Å². The summed E-state index contributed by atoms with van der Waals surface area (Å²) in [4.78, 5) is 55.8. The third-order valence-corrected chi connectivity index (χ3v) is 9.51. The Morgan fingerprint density at radius 3 is 2.38 bits per heavy atom. The predicted octanol–water partition coefficient (Wildman–Crippen LogP) is 3.47. The molecule has 230 valence electrons. The molecule has 1 saturated heterocycles. The molecule has 3 aromatic carbocycles. The monoisotopic (exact) mass is 631 g/mol. The number of fused-ring (bicyclic) bond motifs is 4. The summed E-state index contributed by atoms with van der Waals surface area (Å²) >= 11 is 6.28. The van der Waals surface area contributed by atoms with Crippen LogP contribution in [0.4, 0.5) is 10.1 Å².